The van der Waals surface area contributed by atoms with Crippen molar-refractivity contribution in [2.45, 2.75) is 19.3 Å². The topological polar surface area (TPSA) is 77.8 Å². The Bertz CT molecular complexity index is 642. The van der Waals surface area contributed by atoms with Crippen LogP contribution in [-0.4, -0.2) is 21.3 Å². The van der Waals surface area contributed by atoms with Crippen LogP contribution in [-0.2, 0) is 5.41 Å². The van der Waals surface area contributed by atoms with Gasteiger partial charge in [-0.2, -0.15) is 0 Å². The van der Waals surface area contributed by atoms with Crippen LogP contribution in [0.25, 0.3) is 0 Å². The van der Waals surface area contributed by atoms with Crippen LogP contribution >= 0.6 is 0 Å². The molecule has 0 amide bonds. The fourth-order valence-corrected chi connectivity index (χ4v) is 2.29. The van der Waals surface area contributed by atoms with Crippen LogP contribution in [0.2, 0.25) is 0 Å². The molecular weight excluding hydrogens is 256 g/mol. The number of aromatic carboxylic acids is 1. The van der Waals surface area contributed by atoms with Gasteiger partial charge >= 0.3 is 5.97 Å². The summed E-state index contributed by atoms with van der Waals surface area (Å²) in [6.45, 7) is 3.80. The normalized spacial score (nSPS) is 11.3. The Morgan fingerprint density at radius 2 is 1.50 bits per heavy atom. The molecular formula is C16H16O4. The maximum Gasteiger partial charge on any atom is 0.336 e. The van der Waals surface area contributed by atoms with Gasteiger partial charge in [0.15, 0.2) is 0 Å². The molecule has 4 heteroatoms. The summed E-state index contributed by atoms with van der Waals surface area (Å²) in [7, 11) is 0. The van der Waals surface area contributed by atoms with Crippen molar-refractivity contribution in [2.75, 3.05) is 0 Å². The standard InChI is InChI=1S/C16H16O4/c1-16(2,10-3-5-11(17)6-4-10)14-8-7-12(18)9-13(14)15(19)20/h3-9,17-18H,1-2H3,(H,19,20). The lowest BCUT2D eigenvalue weighted by atomic mass is 9.76. The molecule has 2 rings (SSSR count). The van der Waals surface area contributed by atoms with Crippen LogP contribution in [0.15, 0.2) is 42.5 Å². The van der Waals surface area contributed by atoms with Crippen LogP contribution in [0.1, 0.15) is 35.3 Å². The summed E-state index contributed by atoms with van der Waals surface area (Å²) >= 11 is 0. The molecule has 0 aliphatic rings. The third-order valence-corrected chi connectivity index (χ3v) is 3.50. The third-order valence-electron chi connectivity index (χ3n) is 3.50. The van der Waals surface area contributed by atoms with Gasteiger partial charge in [-0.05, 0) is 35.4 Å². The number of carboxylic acids is 1. The summed E-state index contributed by atoms with van der Waals surface area (Å²) in [5, 5.41) is 28.1. The average molecular weight is 272 g/mol. The highest BCUT2D eigenvalue weighted by Gasteiger charge is 2.28. The minimum Gasteiger partial charge on any atom is -0.508 e. The predicted octanol–water partition coefficient (Wildman–Crippen LogP) is 3.12. The number of carboxylic acid groups (broad SMARTS) is 1. The molecule has 0 aliphatic heterocycles. The number of benzene rings is 2. The maximum atomic E-state index is 11.4. The molecule has 20 heavy (non-hydrogen) atoms. The van der Waals surface area contributed by atoms with Crippen molar-refractivity contribution in [2.24, 2.45) is 0 Å². The van der Waals surface area contributed by atoms with E-state index in [0.717, 1.165) is 5.56 Å². The average Bonchev–Trinajstić information content (AvgIpc) is 2.38. The van der Waals surface area contributed by atoms with E-state index in [0.29, 0.717) is 5.56 Å². The molecule has 3 N–H and O–H groups in total. The van der Waals surface area contributed by atoms with Gasteiger partial charge in [0, 0.05) is 5.41 Å². The quantitative estimate of drug-likeness (QED) is 0.802. The lowest BCUT2D eigenvalue weighted by Gasteiger charge is -2.27. The van der Waals surface area contributed by atoms with Crippen LogP contribution in [0, 0.1) is 0 Å². The SMILES string of the molecule is CC(C)(c1ccc(O)cc1)c1ccc(O)cc1C(=O)O. The number of rotatable bonds is 3. The maximum absolute atomic E-state index is 11.4. The van der Waals surface area contributed by atoms with Gasteiger partial charge in [0.05, 0.1) is 5.56 Å². The molecule has 104 valence electrons. The van der Waals surface area contributed by atoms with Gasteiger partial charge in [-0.1, -0.05) is 32.0 Å². The smallest absolute Gasteiger partial charge is 0.336 e. The van der Waals surface area contributed by atoms with E-state index in [9.17, 15) is 20.1 Å². The van der Waals surface area contributed by atoms with Gasteiger partial charge in [0.2, 0.25) is 0 Å². The summed E-state index contributed by atoms with van der Waals surface area (Å²) in [5.41, 5.74) is 0.995. The van der Waals surface area contributed by atoms with Crippen LogP contribution < -0.4 is 0 Å². The van der Waals surface area contributed by atoms with E-state index in [1.165, 1.54) is 12.1 Å². The van der Waals surface area contributed by atoms with Crippen molar-refractivity contribution in [1.29, 1.82) is 0 Å². The Kier molecular flexibility index (Phi) is 3.40. The van der Waals surface area contributed by atoms with Gasteiger partial charge in [0.1, 0.15) is 11.5 Å². The molecule has 0 aromatic heterocycles. The summed E-state index contributed by atoms with van der Waals surface area (Å²) in [4.78, 5) is 11.4. The number of hydrogen-bond acceptors (Lipinski definition) is 3. The fourth-order valence-electron chi connectivity index (χ4n) is 2.29. The number of carbonyl (C=O) groups is 1. The van der Waals surface area contributed by atoms with Gasteiger partial charge < -0.3 is 15.3 Å². The first-order chi connectivity index (χ1) is 9.32. The zero-order chi connectivity index (χ0) is 14.9. The zero-order valence-electron chi connectivity index (χ0n) is 11.3. The summed E-state index contributed by atoms with van der Waals surface area (Å²) in [6.07, 6.45) is 0. The molecule has 0 spiro atoms. The van der Waals surface area contributed by atoms with E-state index in [-0.39, 0.29) is 17.1 Å². The Labute approximate surface area is 116 Å². The van der Waals surface area contributed by atoms with Crippen LogP contribution in [0.4, 0.5) is 0 Å². The predicted molar refractivity (Wildman–Crippen MR) is 75.3 cm³/mol. The molecule has 0 atom stereocenters. The Morgan fingerprint density at radius 3 is 2.05 bits per heavy atom. The lowest BCUT2D eigenvalue weighted by molar-refractivity contribution is 0.0694. The monoisotopic (exact) mass is 272 g/mol. The second-order valence-electron chi connectivity index (χ2n) is 5.21. The molecule has 0 aliphatic carbocycles. The second kappa shape index (κ2) is 4.89. The number of hydrogen-bond donors (Lipinski definition) is 3. The van der Waals surface area contributed by atoms with Crippen molar-refractivity contribution in [1.82, 2.24) is 0 Å². The highest BCUT2D eigenvalue weighted by molar-refractivity contribution is 5.90. The summed E-state index contributed by atoms with van der Waals surface area (Å²) in [6, 6.07) is 11.0. The molecule has 0 radical (unpaired) electrons. The van der Waals surface area contributed by atoms with Crippen molar-refractivity contribution >= 4 is 5.97 Å². The number of aromatic hydroxyl groups is 2. The molecule has 2 aromatic carbocycles. The summed E-state index contributed by atoms with van der Waals surface area (Å²) in [5.74, 6) is -0.996. The van der Waals surface area contributed by atoms with Crippen LogP contribution in [0.5, 0.6) is 11.5 Å². The zero-order valence-corrected chi connectivity index (χ0v) is 11.3. The van der Waals surface area contributed by atoms with Crippen molar-refractivity contribution < 1.29 is 20.1 Å². The van der Waals surface area contributed by atoms with E-state index in [1.54, 1.807) is 30.3 Å². The number of phenols is 2. The highest BCUT2D eigenvalue weighted by atomic mass is 16.4. The molecule has 0 saturated heterocycles. The first-order valence-corrected chi connectivity index (χ1v) is 6.18. The second-order valence-corrected chi connectivity index (χ2v) is 5.21. The van der Waals surface area contributed by atoms with Gasteiger partial charge in [-0.25, -0.2) is 4.79 Å². The van der Waals surface area contributed by atoms with E-state index < -0.39 is 11.4 Å². The van der Waals surface area contributed by atoms with Crippen molar-refractivity contribution in [3.63, 3.8) is 0 Å². The molecule has 2 aromatic rings. The first kappa shape index (κ1) is 13.9. The Balaban J connectivity index is 2.59. The van der Waals surface area contributed by atoms with Gasteiger partial charge in [-0.15, -0.1) is 0 Å². The van der Waals surface area contributed by atoms with E-state index in [1.807, 2.05) is 13.8 Å². The molecule has 0 heterocycles. The lowest BCUT2D eigenvalue weighted by Crippen LogP contribution is -2.22. The number of phenolic OH excluding ortho intramolecular Hbond substituents is 2. The molecule has 0 bridgehead atoms. The molecule has 0 saturated carbocycles. The van der Waals surface area contributed by atoms with E-state index in [2.05, 4.69) is 0 Å². The minimum atomic E-state index is -1.08. The first-order valence-electron chi connectivity index (χ1n) is 6.18. The van der Waals surface area contributed by atoms with Crippen LogP contribution in [0.3, 0.4) is 0 Å². The minimum absolute atomic E-state index is 0.0723. The Hall–Kier alpha value is -2.49. The van der Waals surface area contributed by atoms with Crippen molar-refractivity contribution in [3.05, 3.63) is 59.2 Å². The summed E-state index contributed by atoms with van der Waals surface area (Å²) < 4.78 is 0. The van der Waals surface area contributed by atoms with E-state index >= 15 is 0 Å². The van der Waals surface area contributed by atoms with Gasteiger partial charge in [-0.3, -0.25) is 0 Å². The fraction of sp³-hybridized carbons (Fsp3) is 0.188. The molecule has 4 nitrogen and oxygen atoms in total. The third kappa shape index (κ3) is 2.45. The van der Waals surface area contributed by atoms with E-state index in [4.69, 9.17) is 0 Å². The molecule has 0 fully saturated rings. The van der Waals surface area contributed by atoms with Gasteiger partial charge in [0.25, 0.3) is 0 Å². The van der Waals surface area contributed by atoms with Crippen molar-refractivity contribution in [3.8, 4) is 11.5 Å². The largest absolute Gasteiger partial charge is 0.508 e. The Morgan fingerprint density at radius 1 is 0.950 bits per heavy atom. The highest BCUT2D eigenvalue weighted by Crippen LogP contribution is 2.35. The molecule has 0 unspecified atom stereocenters.